The molecule has 0 atom stereocenters. The van der Waals surface area contributed by atoms with Crippen molar-refractivity contribution in [1.82, 2.24) is 4.98 Å². The Hall–Kier alpha value is -1.38. The molecule has 0 saturated heterocycles. The van der Waals surface area contributed by atoms with Gasteiger partial charge in [-0.2, -0.15) is 0 Å². The number of carbonyl (C=O) groups is 1. The minimum absolute atomic E-state index is 0.117. The Morgan fingerprint density at radius 1 is 1.50 bits per heavy atom. The Morgan fingerprint density at radius 3 is 2.75 bits per heavy atom. The molecule has 0 spiro atoms. The number of anilines is 1. The molecule has 16 heavy (non-hydrogen) atoms. The van der Waals surface area contributed by atoms with Gasteiger partial charge in [0.2, 0.25) is 5.91 Å². The summed E-state index contributed by atoms with van der Waals surface area (Å²) in [5, 5.41) is 2.88. The van der Waals surface area contributed by atoms with E-state index in [2.05, 4.69) is 31.1 Å². The van der Waals surface area contributed by atoms with Gasteiger partial charge >= 0.3 is 0 Å². The van der Waals surface area contributed by atoms with Crippen molar-refractivity contribution in [3.63, 3.8) is 0 Å². The summed E-state index contributed by atoms with van der Waals surface area (Å²) in [5.74, 6) is 1.49. The molecule has 1 aromatic rings. The Labute approximate surface area is 96.3 Å². The molecule has 1 aromatic heterocycles. The molecule has 1 fully saturated rings. The normalized spacial score (nSPS) is 15.2. The van der Waals surface area contributed by atoms with Crippen molar-refractivity contribution in [3.05, 3.63) is 23.4 Å². The standard InChI is InChI=1S/C13H18N2O/c1-8(2)11-6-12(14-7-9(11)3)15-13(16)10-4-5-10/h6-8,10H,4-5H2,1-3H3,(H,14,15,16). The smallest absolute Gasteiger partial charge is 0.228 e. The Kier molecular flexibility index (Phi) is 2.95. The van der Waals surface area contributed by atoms with Crippen LogP contribution in [-0.2, 0) is 4.79 Å². The first kappa shape index (κ1) is 11.1. The third kappa shape index (κ3) is 2.40. The van der Waals surface area contributed by atoms with Crippen molar-refractivity contribution in [2.75, 3.05) is 5.32 Å². The van der Waals surface area contributed by atoms with Crippen molar-refractivity contribution >= 4 is 11.7 Å². The van der Waals surface area contributed by atoms with Gasteiger partial charge in [-0.25, -0.2) is 4.98 Å². The van der Waals surface area contributed by atoms with Crippen molar-refractivity contribution < 1.29 is 4.79 Å². The summed E-state index contributed by atoms with van der Waals surface area (Å²) in [6, 6.07) is 1.99. The van der Waals surface area contributed by atoms with Crippen LogP contribution in [0, 0.1) is 12.8 Å². The third-order valence-electron chi connectivity index (χ3n) is 2.97. The number of nitrogens with one attached hydrogen (secondary N) is 1. The lowest BCUT2D eigenvalue weighted by Gasteiger charge is -2.11. The largest absolute Gasteiger partial charge is 0.310 e. The van der Waals surface area contributed by atoms with E-state index in [9.17, 15) is 4.79 Å². The fraction of sp³-hybridized carbons (Fsp3) is 0.538. The lowest BCUT2D eigenvalue weighted by Crippen LogP contribution is -2.14. The highest BCUT2D eigenvalue weighted by atomic mass is 16.2. The summed E-state index contributed by atoms with van der Waals surface area (Å²) in [6.45, 7) is 6.35. The van der Waals surface area contributed by atoms with Gasteiger partial charge in [-0.05, 0) is 42.9 Å². The first-order valence-electron chi connectivity index (χ1n) is 5.85. The van der Waals surface area contributed by atoms with Gasteiger partial charge in [-0.3, -0.25) is 4.79 Å². The zero-order chi connectivity index (χ0) is 11.7. The number of hydrogen-bond acceptors (Lipinski definition) is 2. The van der Waals surface area contributed by atoms with E-state index in [0.717, 1.165) is 12.8 Å². The van der Waals surface area contributed by atoms with Crippen molar-refractivity contribution in [3.8, 4) is 0 Å². The molecule has 3 heteroatoms. The second-order valence-corrected chi connectivity index (χ2v) is 4.84. The topological polar surface area (TPSA) is 42.0 Å². The molecule has 1 heterocycles. The van der Waals surface area contributed by atoms with E-state index in [1.54, 1.807) is 0 Å². The van der Waals surface area contributed by atoms with Gasteiger partial charge in [0.1, 0.15) is 5.82 Å². The molecule has 1 amide bonds. The lowest BCUT2D eigenvalue weighted by molar-refractivity contribution is -0.117. The Balaban J connectivity index is 2.15. The summed E-state index contributed by atoms with van der Waals surface area (Å²) >= 11 is 0. The zero-order valence-corrected chi connectivity index (χ0v) is 10.1. The fourth-order valence-electron chi connectivity index (χ4n) is 1.80. The van der Waals surface area contributed by atoms with Crippen LogP contribution < -0.4 is 5.32 Å². The Bertz CT molecular complexity index is 408. The summed E-state index contributed by atoms with van der Waals surface area (Å²) < 4.78 is 0. The van der Waals surface area contributed by atoms with E-state index in [1.165, 1.54) is 11.1 Å². The van der Waals surface area contributed by atoms with Gasteiger partial charge in [0.15, 0.2) is 0 Å². The fourth-order valence-corrected chi connectivity index (χ4v) is 1.80. The maximum atomic E-state index is 11.6. The molecule has 1 saturated carbocycles. The minimum Gasteiger partial charge on any atom is -0.310 e. The van der Waals surface area contributed by atoms with E-state index < -0.39 is 0 Å². The highest BCUT2D eigenvalue weighted by Crippen LogP contribution is 2.30. The number of amides is 1. The van der Waals surface area contributed by atoms with Crippen molar-refractivity contribution in [1.29, 1.82) is 0 Å². The molecule has 86 valence electrons. The molecule has 0 radical (unpaired) electrons. The predicted molar refractivity (Wildman–Crippen MR) is 64.4 cm³/mol. The number of hydrogen-bond donors (Lipinski definition) is 1. The minimum atomic E-state index is 0.117. The highest BCUT2D eigenvalue weighted by molar-refractivity contribution is 5.93. The predicted octanol–water partition coefficient (Wildman–Crippen LogP) is 2.86. The second kappa shape index (κ2) is 4.24. The molecule has 0 aromatic carbocycles. The van der Waals surface area contributed by atoms with Gasteiger partial charge in [-0.15, -0.1) is 0 Å². The van der Waals surface area contributed by atoms with E-state index in [1.807, 2.05) is 12.3 Å². The maximum absolute atomic E-state index is 11.6. The van der Waals surface area contributed by atoms with E-state index in [4.69, 9.17) is 0 Å². The molecular formula is C13H18N2O. The first-order chi connectivity index (χ1) is 7.58. The third-order valence-corrected chi connectivity index (χ3v) is 2.97. The number of nitrogens with zero attached hydrogens (tertiary/aromatic N) is 1. The number of pyridine rings is 1. The molecule has 0 unspecified atom stereocenters. The van der Waals surface area contributed by atoms with Gasteiger partial charge in [-0.1, -0.05) is 13.8 Å². The molecule has 0 aliphatic heterocycles. The number of aromatic nitrogens is 1. The quantitative estimate of drug-likeness (QED) is 0.847. The van der Waals surface area contributed by atoms with E-state index in [0.29, 0.717) is 11.7 Å². The van der Waals surface area contributed by atoms with E-state index in [-0.39, 0.29) is 11.8 Å². The van der Waals surface area contributed by atoms with Crippen molar-refractivity contribution in [2.45, 2.75) is 39.5 Å². The van der Waals surface area contributed by atoms with Gasteiger partial charge in [0.25, 0.3) is 0 Å². The highest BCUT2D eigenvalue weighted by Gasteiger charge is 2.29. The average Bonchev–Trinajstić information content (AvgIpc) is 3.03. The molecule has 2 rings (SSSR count). The number of carbonyl (C=O) groups excluding carboxylic acids is 1. The molecule has 1 aliphatic rings. The molecule has 1 N–H and O–H groups in total. The van der Waals surface area contributed by atoms with Gasteiger partial charge in [0, 0.05) is 12.1 Å². The summed E-state index contributed by atoms with van der Waals surface area (Å²) in [4.78, 5) is 15.8. The van der Waals surface area contributed by atoms with Crippen LogP contribution in [0.3, 0.4) is 0 Å². The second-order valence-electron chi connectivity index (χ2n) is 4.84. The van der Waals surface area contributed by atoms with Crippen LogP contribution in [0.1, 0.15) is 43.7 Å². The first-order valence-corrected chi connectivity index (χ1v) is 5.85. The lowest BCUT2D eigenvalue weighted by atomic mass is 10.00. The molecular weight excluding hydrogens is 200 g/mol. The van der Waals surface area contributed by atoms with Crippen LogP contribution in [0.25, 0.3) is 0 Å². The van der Waals surface area contributed by atoms with Crippen LogP contribution in [0.4, 0.5) is 5.82 Å². The van der Waals surface area contributed by atoms with Crippen LogP contribution in [0.2, 0.25) is 0 Å². The maximum Gasteiger partial charge on any atom is 0.228 e. The molecule has 0 bridgehead atoms. The molecule has 3 nitrogen and oxygen atoms in total. The van der Waals surface area contributed by atoms with E-state index >= 15 is 0 Å². The van der Waals surface area contributed by atoms with Crippen LogP contribution in [0.5, 0.6) is 0 Å². The SMILES string of the molecule is Cc1cnc(NC(=O)C2CC2)cc1C(C)C. The van der Waals surface area contributed by atoms with Crippen LogP contribution in [-0.4, -0.2) is 10.9 Å². The van der Waals surface area contributed by atoms with Gasteiger partial charge < -0.3 is 5.32 Å². The molecule has 1 aliphatic carbocycles. The van der Waals surface area contributed by atoms with Crippen LogP contribution in [0.15, 0.2) is 12.3 Å². The number of rotatable bonds is 3. The monoisotopic (exact) mass is 218 g/mol. The summed E-state index contributed by atoms with van der Waals surface area (Å²) in [5.41, 5.74) is 2.43. The number of aryl methyl sites for hydroxylation is 1. The van der Waals surface area contributed by atoms with Crippen LogP contribution >= 0.6 is 0 Å². The Morgan fingerprint density at radius 2 is 2.19 bits per heavy atom. The van der Waals surface area contributed by atoms with Crippen molar-refractivity contribution in [2.24, 2.45) is 5.92 Å². The zero-order valence-electron chi connectivity index (χ0n) is 10.1. The average molecular weight is 218 g/mol. The van der Waals surface area contributed by atoms with Gasteiger partial charge in [0.05, 0.1) is 0 Å². The summed E-state index contributed by atoms with van der Waals surface area (Å²) in [6.07, 6.45) is 3.88. The summed E-state index contributed by atoms with van der Waals surface area (Å²) in [7, 11) is 0.